The minimum absolute atomic E-state index is 0.534. The fourth-order valence-corrected chi connectivity index (χ4v) is 7.98. The molecule has 0 saturated carbocycles. The van der Waals surface area contributed by atoms with E-state index in [0.29, 0.717) is 34.1 Å². The van der Waals surface area contributed by atoms with Gasteiger partial charge in [-0.3, -0.25) is 0 Å². The number of aryl methyl sites for hydroxylation is 2. The highest BCUT2D eigenvalue weighted by atomic mass is 16.4. The van der Waals surface area contributed by atoms with Crippen LogP contribution in [-0.2, 0) is 14.1 Å². The van der Waals surface area contributed by atoms with E-state index in [1.54, 1.807) is 0 Å². The highest BCUT2D eigenvalue weighted by Gasteiger charge is 2.33. The third kappa shape index (κ3) is 9.94. The SMILES string of the molecule is CCCCCCN(CCCCCC)c1oc2c(-c3cc[n+](C)cc3)c3c(C#N)c(N(CCCCCC)CCCCCC)oc3c(-c3cc[n+](C)cc3)c2c1C#N. The van der Waals surface area contributed by atoms with Crippen molar-refractivity contribution in [3.05, 3.63) is 60.2 Å². The van der Waals surface area contributed by atoms with Gasteiger partial charge in [0, 0.05) is 61.6 Å². The second-order valence-corrected chi connectivity index (χ2v) is 15.7. The van der Waals surface area contributed by atoms with Crippen molar-refractivity contribution in [2.45, 2.75) is 130 Å². The number of pyridine rings is 2. The molecule has 0 aliphatic rings. The van der Waals surface area contributed by atoms with Gasteiger partial charge in [-0.05, 0) is 36.8 Å². The van der Waals surface area contributed by atoms with Crippen molar-refractivity contribution in [3.8, 4) is 34.4 Å². The van der Waals surface area contributed by atoms with E-state index in [2.05, 4.69) is 73.9 Å². The largest absolute Gasteiger partial charge is 0.438 e. The first-order valence-corrected chi connectivity index (χ1v) is 21.7. The Hall–Kier alpha value is -4.82. The van der Waals surface area contributed by atoms with E-state index in [1.807, 2.05) is 48.0 Å². The van der Waals surface area contributed by atoms with Gasteiger partial charge in [0.1, 0.15) is 48.5 Å². The number of hydrogen-bond acceptors (Lipinski definition) is 6. The topological polar surface area (TPSA) is 88.1 Å². The van der Waals surface area contributed by atoms with Crippen LogP contribution in [0.5, 0.6) is 0 Å². The van der Waals surface area contributed by atoms with Crippen LogP contribution in [0.2, 0.25) is 0 Å². The molecule has 0 aliphatic heterocycles. The summed E-state index contributed by atoms with van der Waals surface area (Å²) in [5.41, 5.74) is 5.80. The highest BCUT2D eigenvalue weighted by molar-refractivity contribution is 6.22. The van der Waals surface area contributed by atoms with Crippen LogP contribution in [0, 0.1) is 22.7 Å². The number of hydrogen-bond donors (Lipinski definition) is 0. The molecular weight excluding hydrogens is 693 g/mol. The maximum absolute atomic E-state index is 11.2. The molecule has 298 valence electrons. The Kier molecular flexibility index (Phi) is 16.2. The van der Waals surface area contributed by atoms with Gasteiger partial charge in [-0.1, -0.05) is 105 Å². The molecule has 5 aromatic rings. The number of rotatable bonds is 24. The van der Waals surface area contributed by atoms with Gasteiger partial charge in [0.15, 0.2) is 24.8 Å². The van der Waals surface area contributed by atoms with Gasteiger partial charge in [-0.15, -0.1) is 0 Å². The predicted octanol–water partition coefficient (Wildman–Crippen LogP) is 11.8. The Balaban J connectivity index is 1.87. The summed E-state index contributed by atoms with van der Waals surface area (Å²) in [7, 11) is 4.01. The third-order valence-corrected chi connectivity index (χ3v) is 11.2. The van der Waals surface area contributed by atoms with Crippen molar-refractivity contribution < 1.29 is 18.0 Å². The molecule has 0 N–H and O–H groups in total. The first-order valence-electron chi connectivity index (χ1n) is 21.7. The average molecular weight is 759 g/mol. The van der Waals surface area contributed by atoms with Crippen LogP contribution in [0.4, 0.5) is 11.8 Å². The minimum Gasteiger partial charge on any atom is -0.438 e. The Morgan fingerprint density at radius 2 is 0.786 bits per heavy atom. The fraction of sp³-hybridized carbons (Fsp3) is 0.542. The first kappa shape index (κ1) is 42.3. The van der Waals surface area contributed by atoms with E-state index >= 15 is 0 Å². The van der Waals surface area contributed by atoms with Gasteiger partial charge in [-0.2, -0.15) is 10.5 Å². The molecule has 0 bridgehead atoms. The highest BCUT2D eigenvalue weighted by Crippen LogP contribution is 2.51. The van der Waals surface area contributed by atoms with Crippen molar-refractivity contribution in [1.82, 2.24) is 0 Å². The van der Waals surface area contributed by atoms with Crippen LogP contribution in [-0.4, -0.2) is 26.2 Å². The zero-order valence-electron chi connectivity index (χ0n) is 35.3. The number of furan rings is 2. The molecule has 0 amide bonds. The maximum atomic E-state index is 11.2. The van der Waals surface area contributed by atoms with E-state index in [9.17, 15) is 10.5 Å². The molecule has 4 aromatic heterocycles. The van der Waals surface area contributed by atoms with Gasteiger partial charge in [0.25, 0.3) is 0 Å². The van der Waals surface area contributed by atoms with E-state index in [0.717, 1.165) is 136 Å². The predicted molar refractivity (Wildman–Crippen MR) is 230 cm³/mol. The second-order valence-electron chi connectivity index (χ2n) is 15.7. The van der Waals surface area contributed by atoms with Crippen molar-refractivity contribution in [2.75, 3.05) is 36.0 Å². The summed E-state index contributed by atoms with van der Waals surface area (Å²) in [6, 6.07) is 13.6. The van der Waals surface area contributed by atoms with Gasteiger partial charge < -0.3 is 18.6 Å². The zero-order valence-corrected chi connectivity index (χ0v) is 35.3. The van der Waals surface area contributed by atoms with Crippen molar-refractivity contribution in [3.63, 3.8) is 0 Å². The quantitative estimate of drug-likeness (QED) is 0.0460. The Morgan fingerprint density at radius 3 is 1.05 bits per heavy atom. The van der Waals surface area contributed by atoms with Gasteiger partial charge in [-0.25, -0.2) is 9.13 Å². The Labute approximate surface area is 336 Å². The molecule has 0 aliphatic carbocycles. The summed E-state index contributed by atoms with van der Waals surface area (Å²) in [4.78, 5) is 4.64. The van der Waals surface area contributed by atoms with Crippen molar-refractivity contribution in [1.29, 1.82) is 10.5 Å². The second kappa shape index (κ2) is 21.5. The smallest absolute Gasteiger partial charge is 0.214 e. The lowest BCUT2D eigenvalue weighted by atomic mass is 9.90. The molecule has 4 heterocycles. The molecule has 8 nitrogen and oxygen atoms in total. The van der Waals surface area contributed by atoms with Crippen molar-refractivity contribution >= 4 is 33.7 Å². The molecule has 56 heavy (non-hydrogen) atoms. The number of nitriles is 2. The van der Waals surface area contributed by atoms with E-state index in [1.165, 1.54) is 25.7 Å². The fourth-order valence-electron chi connectivity index (χ4n) is 7.98. The molecule has 0 spiro atoms. The van der Waals surface area contributed by atoms with Crippen molar-refractivity contribution in [2.24, 2.45) is 14.1 Å². The number of anilines is 2. The lowest BCUT2D eigenvalue weighted by Crippen LogP contribution is -2.26. The number of fused-ring (bicyclic) bond motifs is 2. The van der Waals surface area contributed by atoms with Crippen LogP contribution in [0.15, 0.2) is 57.9 Å². The van der Waals surface area contributed by atoms with Crippen LogP contribution in [0.1, 0.15) is 142 Å². The Morgan fingerprint density at radius 1 is 0.482 bits per heavy atom. The van der Waals surface area contributed by atoms with Gasteiger partial charge in [0.2, 0.25) is 11.8 Å². The van der Waals surface area contributed by atoms with E-state index < -0.39 is 0 Å². The number of aromatic nitrogens is 2. The summed E-state index contributed by atoms with van der Waals surface area (Å²) in [5, 5.41) is 23.9. The van der Waals surface area contributed by atoms with Crippen LogP contribution in [0.25, 0.3) is 44.2 Å². The number of nitrogens with zero attached hydrogens (tertiary/aromatic N) is 6. The monoisotopic (exact) mass is 759 g/mol. The summed E-state index contributed by atoms with van der Waals surface area (Å²) in [5.74, 6) is 1.25. The molecule has 0 unspecified atom stereocenters. The van der Waals surface area contributed by atoms with Crippen LogP contribution < -0.4 is 18.9 Å². The summed E-state index contributed by atoms with van der Waals surface area (Å²) < 4.78 is 18.3. The molecule has 0 radical (unpaired) electrons. The lowest BCUT2D eigenvalue weighted by Gasteiger charge is -2.22. The zero-order chi connectivity index (χ0) is 39.9. The molecule has 5 rings (SSSR count). The Bertz CT molecular complexity index is 1890. The molecule has 8 heteroatoms. The van der Waals surface area contributed by atoms with E-state index in [-0.39, 0.29) is 0 Å². The van der Waals surface area contributed by atoms with Crippen LogP contribution >= 0.6 is 0 Å². The minimum atomic E-state index is 0.534. The van der Waals surface area contributed by atoms with Gasteiger partial charge >= 0.3 is 0 Å². The van der Waals surface area contributed by atoms with E-state index in [4.69, 9.17) is 8.83 Å². The standard InChI is InChI=1S/C48H66N6O2/c1-7-11-15-19-27-53(28-20-16-12-8-2)47-39(35-49)43-41(37-23-31-51(5)32-24-37)46-44(42(45(43)55-47)38-25-33-52(6)34-26-38)40(36-50)48(56-46)54(29-21-17-13-9-3)30-22-18-14-10-4/h23-26,31-34H,7-22,27-30H2,1-6H3/q+2. The molecule has 0 saturated heterocycles. The van der Waals surface area contributed by atoms with Gasteiger partial charge in [0.05, 0.1) is 10.8 Å². The third-order valence-electron chi connectivity index (χ3n) is 11.2. The summed E-state index contributed by atoms with van der Waals surface area (Å²) in [6.07, 6.45) is 26.2. The van der Waals surface area contributed by atoms with Crippen LogP contribution in [0.3, 0.4) is 0 Å². The maximum Gasteiger partial charge on any atom is 0.214 e. The average Bonchev–Trinajstić information content (AvgIpc) is 3.78. The lowest BCUT2D eigenvalue weighted by molar-refractivity contribution is -0.671. The molecule has 0 fully saturated rings. The molecule has 0 atom stereocenters. The number of unbranched alkanes of at least 4 members (excludes halogenated alkanes) is 12. The summed E-state index contributed by atoms with van der Waals surface area (Å²) >= 11 is 0. The molecular formula is C48H66N6O2+2. The normalized spacial score (nSPS) is 11.4. The summed E-state index contributed by atoms with van der Waals surface area (Å²) in [6.45, 7) is 12.2. The number of benzene rings is 1. The molecule has 1 aromatic carbocycles. The first-order chi connectivity index (χ1) is 27.4.